The molecule has 0 aliphatic heterocycles. The van der Waals surface area contributed by atoms with E-state index in [0.29, 0.717) is 21.3 Å². The van der Waals surface area contributed by atoms with E-state index >= 15 is 0 Å². The van der Waals surface area contributed by atoms with Crippen LogP contribution in [0.25, 0.3) is 21.9 Å². The topological polar surface area (TPSA) is 106 Å². The molecule has 7 nitrogen and oxygen atoms in total. The third-order valence-corrected chi connectivity index (χ3v) is 2.89. The summed E-state index contributed by atoms with van der Waals surface area (Å²) in [6, 6.07) is 5.27. The van der Waals surface area contributed by atoms with Crippen molar-refractivity contribution in [1.82, 2.24) is 14.6 Å². The lowest BCUT2D eigenvalue weighted by Crippen LogP contribution is -2.40. The highest BCUT2D eigenvalue weighted by atomic mass is 16.5. The van der Waals surface area contributed by atoms with Crippen molar-refractivity contribution in [3.63, 3.8) is 0 Å². The molecule has 0 aliphatic carbocycles. The predicted molar refractivity (Wildman–Crippen MR) is 67.4 cm³/mol. The van der Waals surface area contributed by atoms with Gasteiger partial charge in [0, 0.05) is 10.9 Å². The fourth-order valence-electron chi connectivity index (χ4n) is 1.97. The molecular formula is C11H10N4O3. The van der Waals surface area contributed by atoms with Crippen LogP contribution >= 0.6 is 0 Å². The van der Waals surface area contributed by atoms with E-state index in [9.17, 15) is 9.59 Å². The molecular weight excluding hydrogens is 236 g/mol. The number of fused-ring (bicyclic) bond motifs is 3. The molecule has 2 aromatic heterocycles. The van der Waals surface area contributed by atoms with Crippen LogP contribution in [0.3, 0.4) is 0 Å². The van der Waals surface area contributed by atoms with E-state index in [1.54, 1.807) is 25.3 Å². The van der Waals surface area contributed by atoms with Crippen LogP contribution in [0.1, 0.15) is 0 Å². The Morgan fingerprint density at radius 1 is 1.22 bits per heavy atom. The van der Waals surface area contributed by atoms with Crippen LogP contribution in [0.2, 0.25) is 0 Å². The molecule has 0 saturated carbocycles. The summed E-state index contributed by atoms with van der Waals surface area (Å²) >= 11 is 0. The lowest BCUT2D eigenvalue weighted by molar-refractivity contribution is 0.415. The van der Waals surface area contributed by atoms with Gasteiger partial charge >= 0.3 is 5.69 Å². The highest BCUT2D eigenvalue weighted by Gasteiger charge is 2.11. The van der Waals surface area contributed by atoms with Crippen LogP contribution in [0, 0.1) is 0 Å². The number of aromatic amines is 2. The van der Waals surface area contributed by atoms with Crippen LogP contribution in [0.15, 0.2) is 27.8 Å². The Balaban J connectivity index is 2.57. The smallest absolute Gasteiger partial charge is 0.347 e. The highest BCUT2D eigenvalue weighted by Crippen LogP contribution is 2.24. The third-order valence-electron chi connectivity index (χ3n) is 2.89. The number of rotatable bonds is 1. The van der Waals surface area contributed by atoms with Gasteiger partial charge in [0.05, 0.1) is 12.6 Å². The largest absolute Gasteiger partial charge is 0.497 e. The van der Waals surface area contributed by atoms with E-state index in [-0.39, 0.29) is 5.52 Å². The molecule has 0 bridgehead atoms. The number of nitrogens with one attached hydrogen (secondary N) is 2. The number of benzene rings is 1. The van der Waals surface area contributed by atoms with Crippen molar-refractivity contribution in [3.8, 4) is 5.75 Å². The second-order valence-electron chi connectivity index (χ2n) is 3.89. The van der Waals surface area contributed by atoms with E-state index < -0.39 is 11.2 Å². The molecule has 7 heteroatoms. The van der Waals surface area contributed by atoms with Gasteiger partial charge in [0.15, 0.2) is 0 Å². The Morgan fingerprint density at radius 3 is 2.72 bits per heavy atom. The quantitative estimate of drug-likeness (QED) is 0.521. The van der Waals surface area contributed by atoms with Gasteiger partial charge in [0.2, 0.25) is 0 Å². The third kappa shape index (κ3) is 1.24. The summed E-state index contributed by atoms with van der Waals surface area (Å²) in [5.41, 5.74) is 0.200. The first kappa shape index (κ1) is 10.5. The number of hydrogen-bond donors (Lipinski definition) is 3. The molecule has 0 fully saturated rings. The zero-order valence-corrected chi connectivity index (χ0v) is 9.48. The average molecular weight is 246 g/mol. The maximum absolute atomic E-state index is 11.8. The molecule has 0 spiro atoms. The van der Waals surface area contributed by atoms with E-state index in [4.69, 9.17) is 10.6 Å². The molecule has 92 valence electrons. The normalized spacial score (nSPS) is 11.2. The first-order valence-electron chi connectivity index (χ1n) is 5.21. The lowest BCUT2D eigenvalue weighted by Gasteiger charge is -1.98. The molecule has 2 heterocycles. The number of methoxy groups -OCH3 is 1. The fourth-order valence-corrected chi connectivity index (χ4v) is 1.97. The lowest BCUT2D eigenvalue weighted by atomic mass is 10.2. The number of nitrogens with zero attached hydrogens (tertiary/aromatic N) is 1. The predicted octanol–water partition coefficient (Wildman–Crippen LogP) is -0.107. The summed E-state index contributed by atoms with van der Waals surface area (Å²) in [6.45, 7) is 0. The van der Waals surface area contributed by atoms with Gasteiger partial charge in [-0.3, -0.25) is 4.79 Å². The Labute approximate surface area is 99.8 Å². The average Bonchev–Trinajstić information content (AvgIpc) is 2.74. The van der Waals surface area contributed by atoms with Crippen molar-refractivity contribution in [1.29, 1.82) is 0 Å². The molecule has 1 aromatic carbocycles. The van der Waals surface area contributed by atoms with Gasteiger partial charge in [0.1, 0.15) is 11.3 Å². The molecule has 18 heavy (non-hydrogen) atoms. The van der Waals surface area contributed by atoms with Crippen LogP contribution in [0.4, 0.5) is 0 Å². The molecule has 0 atom stereocenters. The van der Waals surface area contributed by atoms with Crippen LogP contribution < -0.4 is 21.8 Å². The van der Waals surface area contributed by atoms with Crippen molar-refractivity contribution < 1.29 is 4.74 Å². The summed E-state index contributed by atoms with van der Waals surface area (Å²) in [5, 5.41) is 0.708. The SMILES string of the molecule is COc1ccc2[nH]c3c(=O)n(N)c(=O)[nH]c3c2c1. The molecule has 3 aromatic rings. The number of H-pyrrole nitrogens is 2. The fraction of sp³-hybridized carbons (Fsp3) is 0.0909. The number of hydrogen-bond acceptors (Lipinski definition) is 4. The molecule has 0 saturated heterocycles. The van der Waals surface area contributed by atoms with E-state index in [2.05, 4.69) is 9.97 Å². The standard InChI is InChI=1S/C11H10N4O3/c1-18-5-2-3-7-6(4-5)8-9(13-7)10(16)15(12)11(17)14-8/h2-4,13H,12H2,1H3,(H,14,17). The molecule has 0 aliphatic rings. The maximum atomic E-state index is 11.8. The molecule has 0 amide bonds. The summed E-state index contributed by atoms with van der Waals surface area (Å²) in [5.74, 6) is 5.98. The van der Waals surface area contributed by atoms with Crippen LogP contribution in [0.5, 0.6) is 5.75 Å². The van der Waals surface area contributed by atoms with Crippen LogP contribution in [-0.2, 0) is 0 Å². The van der Waals surface area contributed by atoms with E-state index in [1.807, 2.05) is 0 Å². The highest BCUT2D eigenvalue weighted by molar-refractivity contribution is 6.04. The van der Waals surface area contributed by atoms with Crippen molar-refractivity contribution in [2.24, 2.45) is 0 Å². The summed E-state index contributed by atoms with van der Waals surface area (Å²) < 4.78 is 5.65. The molecule has 4 N–H and O–H groups in total. The second kappa shape index (κ2) is 3.39. The maximum Gasteiger partial charge on any atom is 0.347 e. The van der Waals surface area contributed by atoms with Crippen molar-refractivity contribution in [2.75, 3.05) is 13.0 Å². The molecule has 0 unspecified atom stereocenters. The first-order valence-corrected chi connectivity index (χ1v) is 5.21. The van der Waals surface area contributed by atoms with Gasteiger partial charge in [-0.05, 0) is 18.2 Å². The van der Waals surface area contributed by atoms with Gasteiger partial charge in [-0.15, -0.1) is 0 Å². The van der Waals surface area contributed by atoms with E-state index in [1.165, 1.54) is 0 Å². The minimum absolute atomic E-state index is 0.264. The van der Waals surface area contributed by atoms with Crippen LogP contribution in [-0.4, -0.2) is 21.8 Å². The van der Waals surface area contributed by atoms with Gasteiger partial charge in [-0.1, -0.05) is 0 Å². The zero-order chi connectivity index (χ0) is 12.9. The Morgan fingerprint density at radius 2 is 2.00 bits per heavy atom. The minimum atomic E-state index is -0.656. The number of nitrogen functional groups attached to an aromatic ring is 1. The van der Waals surface area contributed by atoms with E-state index in [0.717, 1.165) is 5.52 Å². The number of ether oxygens (including phenoxy) is 1. The van der Waals surface area contributed by atoms with Crippen molar-refractivity contribution in [3.05, 3.63) is 39.0 Å². The summed E-state index contributed by atoms with van der Waals surface area (Å²) in [4.78, 5) is 28.8. The Hall–Kier alpha value is -2.70. The Bertz CT molecular complexity index is 871. The van der Waals surface area contributed by atoms with Gasteiger partial charge in [0.25, 0.3) is 5.56 Å². The summed E-state index contributed by atoms with van der Waals surface area (Å²) in [6.07, 6.45) is 0. The second-order valence-corrected chi connectivity index (χ2v) is 3.89. The van der Waals surface area contributed by atoms with Crippen molar-refractivity contribution >= 4 is 21.9 Å². The molecule has 3 rings (SSSR count). The van der Waals surface area contributed by atoms with Gasteiger partial charge < -0.3 is 20.5 Å². The Kier molecular flexibility index (Phi) is 1.97. The zero-order valence-electron chi connectivity index (χ0n) is 9.48. The first-order chi connectivity index (χ1) is 8.61. The monoisotopic (exact) mass is 246 g/mol. The van der Waals surface area contributed by atoms with Crippen molar-refractivity contribution in [2.45, 2.75) is 0 Å². The number of nitrogens with two attached hydrogens (primary N) is 1. The van der Waals surface area contributed by atoms with Gasteiger partial charge in [-0.25, -0.2) is 4.79 Å². The number of aromatic nitrogens is 3. The summed E-state index contributed by atoms with van der Waals surface area (Å²) in [7, 11) is 1.55. The minimum Gasteiger partial charge on any atom is -0.497 e. The van der Waals surface area contributed by atoms with Gasteiger partial charge in [-0.2, -0.15) is 4.68 Å². The molecule has 0 radical (unpaired) electrons.